The van der Waals surface area contributed by atoms with Crippen LogP contribution in [0, 0.1) is 0 Å². The van der Waals surface area contributed by atoms with Crippen molar-refractivity contribution in [3.63, 3.8) is 0 Å². The molecule has 1 heterocycles. The fourth-order valence-electron chi connectivity index (χ4n) is 0.258. The summed E-state index contributed by atoms with van der Waals surface area (Å²) in [7, 11) is -3.02. The van der Waals surface area contributed by atoms with E-state index in [2.05, 4.69) is 0 Å². The Kier molecular flexibility index (Phi) is 1.15. The number of rotatable bonds is 1. The van der Waals surface area contributed by atoms with Crippen LogP contribution in [0.4, 0.5) is 0 Å². The van der Waals surface area contributed by atoms with Gasteiger partial charge in [0, 0.05) is 0 Å². The van der Waals surface area contributed by atoms with Gasteiger partial charge in [-0.15, -0.1) is 0 Å². The zero-order valence-electron chi connectivity index (χ0n) is 3.68. The van der Waals surface area contributed by atoms with Gasteiger partial charge in [-0.05, 0) is 3.35 Å². The molecule has 1 aliphatic heterocycles. The monoisotopic (exact) mass is 158 g/mol. The Morgan fingerprint density at radius 1 is 1.75 bits per heavy atom. The average Bonchev–Trinajstić information content (AvgIpc) is 2.13. The van der Waals surface area contributed by atoms with Crippen molar-refractivity contribution in [1.82, 2.24) is 0 Å². The summed E-state index contributed by atoms with van der Waals surface area (Å²) in [6.07, 6.45) is 0. The molecule has 0 aliphatic carbocycles. The van der Waals surface area contributed by atoms with E-state index in [0.29, 0.717) is 3.35 Å². The summed E-state index contributed by atoms with van der Waals surface area (Å²) in [5.41, 5.74) is 0. The van der Waals surface area contributed by atoms with Crippen molar-refractivity contribution in [1.29, 1.82) is 0 Å². The summed E-state index contributed by atoms with van der Waals surface area (Å²) in [5, 5.41) is 0. The maximum absolute atomic E-state index is 10.2. The third-order valence-electron chi connectivity index (χ3n) is 0.693. The minimum absolute atomic E-state index is 0.184. The number of nitrogens with zero attached hydrogens (tertiary/aromatic N) is 1. The molecule has 0 spiro atoms. The maximum Gasteiger partial charge on any atom is 0.450 e. The molecule has 0 saturated carbocycles. The fraction of sp³-hybridized carbons (Fsp3) is 1.00. The molecule has 0 aromatic heterocycles. The van der Waals surface area contributed by atoms with Gasteiger partial charge in [0.05, 0.1) is 0 Å². The molecular weight excluding hydrogens is 154 g/mol. The third-order valence-corrected chi connectivity index (χ3v) is 3.48. The van der Waals surface area contributed by atoms with Gasteiger partial charge in [-0.1, -0.05) is 0 Å². The molecule has 48 valence electrons. The van der Waals surface area contributed by atoms with Gasteiger partial charge in [-0.3, -0.25) is 9.11 Å². The van der Waals surface area contributed by atoms with Crippen molar-refractivity contribution in [2.24, 2.45) is 0 Å². The highest BCUT2D eigenvalue weighted by Gasteiger charge is 2.45. The van der Waals surface area contributed by atoms with Crippen LogP contribution in [0.2, 0.25) is 0 Å². The van der Waals surface area contributed by atoms with Gasteiger partial charge >= 0.3 is 27.2 Å². The molecule has 0 bridgehead atoms. The topological polar surface area (TPSA) is 77.6 Å². The van der Waals surface area contributed by atoms with E-state index in [-0.39, 0.29) is 5.88 Å². The van der Waals surface area contributed by atoms with E-state index in [1.165, 1.54) is 0 Å². The summed E-state index contributed by atoms with van der Waals surface area (Å²) in [6.45, 7) is 0. The normalized spacial score (nSPS) is 39.5. The zero-order valence-corrected chi connectivity index (χ0v) is 5.31. The molecule has 8 heavy (non-hydrogen) atoms. The highest BCUT2D eigenvalue weighted by atomic mass is 32.3. The summed E-state index contributed by atoms with van der Waals surface area (Å²) < 4.78 is 37.1. The average molecular weight is 158 g/mol. The molecule has 0 amide bonds. The highest BCUT2D eigenvalue weighted by molar-refractivity contribution is 7.94. The lowest BCUT2D eigenvalue weighted by Gasteiger charge is -1.62. The Hall–Kier alpha value is 0.0200. The maximum atomic E-state index is 10.2. The highest BCUT2D eigenvalue weighted by Crippen LogP contribution is 2.08. The lowest BCUT2D eigenvalue weighted by atomic mass is 11.6. The van der Waals surface area contributed by atoms with Gasteiger partial charge in [0.2, 0.25) is 0 Å². The van der Waals surface area contributed by atoms with Crippen LogP contribution < -0.4 is 0 Å². The molecule has 0 aromatic carbocycles. The molecule has 2 unspecified atom stereocenters. The van der Waals surface area contributed by atoms with Crippen LogP contribution in [0.15, 0.2) is 0 Å². The van der Waals surface area contributed by atoms with E-state index in [1.54, 1.807) is 0 Å². The van der Waals surface area contributed by atoms with E-state index in [0.717, 1.165) is 0 Å². The van der Waals surface area contributed by atoms with Crippen molar-refractivity contribution in [3.8, 4) is 0 Å². The first-order chi connectivity index (χ1) is 3.54. The fourth-order valence-corrected chi connectivity index (χ4v) is 2.33. The van der Waals surface area contributed by atoms with Crippen LogP contribution in [-0.2, 0) is 21.3 Å². The lowest BCUT2D eigenvalue weighted by molar-refractivity contribution is -0.256. The van der Waals surface area contributed by atoms with Crippen LogP contribution in [-0.4, -0.2) is 26.8 Å². The summed E-state index contributed by atoms with van der Waals surface area (Å²) in [5.74, 6) is -0.184. The van der Waals surface area contributed by atoms with Gasteiger partial charge in [0.15, 0.2) is 0 Å². The molecule has 2 N–H and O–H groups in total. The molecule has 5 nitrogen and oxygen atoms in total. The first-order valence-electron chi connectivity index (χ1n) is 1.67. The third kappa shape index (κ3) is 0.895. The van der Waals surface area contributed by atoms with E-state index >= 15 is 0 Å². The standard InChI is InChI=1S/CH3NO4S2/c3-7(4)2-1-8(2,5)6/h1H2,(H,3,4)/p+1. The first-order valence-corrected chi connectivity index (χ1v) is 4.37. The Balaban J connectivity index is 3.00. The second-order valence-electron chi connectivity index (χ2n) is 1.30. The van der Waals surface area contributed by atoms with Gasteiger partial charge < -0.3 is 0 Å². The van der Waals surface area contributed by atoms with Crippen LogP contribution in [0.3, 0.4) is 0 Å². The van der Waals surface area contributed by atoms with E-state index in [4.69, 9.17) is 9.11 Å². The summed E-state index contributed by atoms with van der Waals surface area (Å²) >= 11 is -2.27. The second-order valence-corrected chi connectivity index (χ2v) is 4.35. The minimum Gasteiger partial charge on any atom is -0.263 e. The van der Waals surface area contributed by atoms with Crippen molar-refractivity contribution in [2.75, 3.05) is 5.88 Å². The lowest BCUT2D eigenvalue weighted by Crippen LogP contribution is -1.94. The first kappa shape index (κ1) is 6.14. The van der Waals surface area contributed by atoms with Gasteiger partial charge in [-0.25, -0.2) is 0 Å². The van der Waals surface area contributed by atoms with Gasteiger partial charge in [0.1, 0.15) is 0 Å². The van der Waals surface area contributed by atoms with E-state index in [9.17, 15) is 8.42 Å². The molecule has 0 radical (unpaired) electrons. The van der Waals surface area contributed by atoms with Crippen molar-refractivity contribution in [2.45, 2.75) is 0 Å². The van der Waals surface area contributed by atoms with Gasteiger partial charge in [-0.2, -0.15) is 8.42 Å². The van der Waals surface area contributed by atoms with Crippen LogP contribution in [0.1, 0.15) is 0 Å². The van der Waals surface area contributed by atoms with Crippen molar-refractivity contribution >= 4 is 21.3 Å². The zero-order chi connectivity index (χ0) is 6.36. The molecule has 1 rings (SSSR count). The predicted molar refractivity (Wildman–Crippen MR) is 26.7 cm³/mol. The minimum atomic E-state index is -3.02. The second kappa shape index (κ2) is 1.50. The Morgan fingerprint density at radius 3 is 2.12 bits per heavy atom. The molecule has 0 aromatic rings. The molecule has 7 heteroatoms. The molecule has 0 fully saturated rings. The van der Waals surface area contributed by atoms with E-state index < -0.39 is 21.3 Å². The largest absolute Gasteiger partial charge is 0.450 e. The molecule has 0 saturated heterocycles. The molecule has 2 atom stereocenters. The summed E-state index contributed by atoms with van der Waals surface area (Å²) in [6, 6.07) is 0. The van der Waals surface area contributed by atoms with Gasteiger partial charge in [0.25, 0.3) is 0 Å². The van der Waals surface area contributed by atoms with Crippen molar-refractivity contribution in [3.05, 3.63) is 0 Å². The quantitative estimate of drug-likeness (QED) is 0.381. The van der Waals surface area contributed by atoms with E-state index in [1.807, 2.05) is 0 Å². The SMILES string of the molecule is O=S(O)[N+]1=S(=O)(O)C1. The van der Waals surface area contributed by atoms with Crippen molar-refractivity contribution < 1.29 is 20.9 Å². The molecule has 1 aliphatic rings. The van der Waals surface area contributed by atoms with Crippen LogP contribution >= 0.6 is 0 Å². The number of hydrogen-bond acceptors (Lipinski definition) is 2. The number of hydrogen-bond donors (Lipinski definition) is 2. The Bertz CT molecular complexity index is 247. The Labute approximate surface area is 48.7 Å². The summed E-state index contributed by atoms with van der Waals surface area (Å²) in [4.78, 5) is 0. The smallest absolute Gasteiger partial charge is 0.263 e. The molecular formula is CH4NO4S2+. The Morgan fingerprint density at radius 2 is 2.12 bits per heavy atom. The van der Waals surface area contributed by atoms with Crippen LogP contribution in [0.25, 0.3) is 0 Å². The van der Waals surface area contributed by atoms with Crippen LogP contribution in [0.5, 0.6) is 0 Å². The predicted octanol–water partition coefficient (Wildman–Crippen LogP) is -0.952.